The fraction of sp³-hybridized carbons (Fsp3) is 0.340. The molecule has 1 fully saturated rings. The Morgan fingerprint density at radius 2 is 1.81 bits per heavy atom. The first kappa shape index (κ1) is 47.7. The van der Waals surface area contributed by atoms with Gasteiger partial charge < -0.3 is 39.9 Å². The topological polar surface area (TPSA) is 199 Å². The van der Waals surface area contributed by atoms with Gasteiger partial charge in [0.15, 0.2) is 18.7 Å². The number of hydrogen-bond acceptors (Lipinski definition) is 15. The number of nitrogens with zero attached hydrogens (tertiary/aromatic N) is 7. The van der Waals surface area contributed by atoms with Crippen molar-refractivity contribution in [1.82, 2.24) is 35.5 Å². The summed E-state index contributed by atoms with van der Waals surface area (Å²) in [7, 11) is 3.41. The summed E-state index contributed by atoms with van der Waals surface area (Å²) >= 11 is 0. The van der Waals surface area contributed by atoms with Gasteiger partial charge in [-0.05, 0) is 105 Å². The molecule has 6 aromatic rings. The molecule has 1 aliphatic heterocycles. The SMILES string of the molecule is C=CCN(C)N(c1cccc(C(C)(C)O)n1)c1nc(Nc2ccc(N3CCN(CCCNC(=O)COc4ccc5c(ccc6occ(C(C=O)CCC(=O)NC)c65)c4)CC3)cc2)ncc1C=O. The summed E-state index contributed by atoms with van der Waals surface area (Å²) in [6.45, 7) is 12.4. The van der Waals surface area contributed by atoms with Crippen molar-refractivity contribution in [2.45, 2.75) is 44.6 Å². The lowest BCUT2D eigenvalue weighted by Gasteiger charge is -2.36. The molecule has 3 aromatic heterocycles. The molecule has 2 amide bonds. The molecule has 0 bridgehead atoms. The van der Waals surface area contributed by atoms with E-state index in [-0.39, 0.29) is 30.4 Å². The summed E-state index contributed by atoms with van der Waals surface area (Å²) < 4.78 is 11.6. The maximum Gasteiger partial charge on any atom is 0.257 e. The molecule has 0 aliphatic carbocycles. The molecule has 0 saturated carbocycles. The Bertz CT molecular complexity index is 2690. The number of aldehydes is 2. The third-order valence-corrected chi connectivity index (χ3v) is 11.7. The van der Waals surface area contributed by atoms with Crippen molar-refractivity contribution in [3.8, 4) is 5.75 Å². The first-order valence-corrected chi connectivity index (χ1v) is 22.4. The van der Waals surface area contributed by atoms with Crippen molar-refractivity contribution in [1.29, 1.82) is 0 Å². The third-order valence-electron chi connectivity index (χ3n) is 11.7. The second-order valence-corrected chi connectivity index (χ2v) is 16.9. The highest BCUT2D eigenvalue weighted by molar-refractivity contribution is 6.08. The number of furan rings is 1. The van der Waals surface area contributed by atoms with Crippen LogP contribution >= 0.6 is 0 Å². The van der Waals surface area contributed by atoms with Crippen LogP contribution in [0.4, 0.5) is 29.0 Å². The predicted molar refractivity (Wildman–Crippen MR) is 259 cm³/mol. The van der Waals surface area contributed by atoms with Crippen molar-refractivity contribution < 1.29 is 33.4 Å². The van der Waals surface area contributed by atoms with E-state index in [0.29, 0.717) is 60.4 Å². The lowest BCUT2D eigenvalue weighted by Crippen LogP contribution is -2.47. The summed E-state index contributed by atoms with van der Waals surface area (Å²) in [5, 5.41) is 25.6. The normalized spacial score (nSPS) is 13.6. The number of likely N-dealkylation sites (N-methyl/N-ethyl adjacent to an activating group) is 1. The van der Waals surface area contributed by atoms with E-state index in [2.05, 4.69) is 49.4 Å². The highest BCUT2D eigenvalue weighted by Crippen LogP contribution is 2.36. The summed E-state index contributed by atoms with van der Waals surface area (Å²) in [6.07, 6.45) is 7.76. The third kappa shape index (κ3) is 11.8. The van der Waals surface area contributed by atoms with Gasteiger partial charge in [0.2, 0.25) is 11.9 Å². The second-order valence-electron chi connectivity index (χ2n) is 16.9. The minimum absolute atomic E-state index is 0.116. The molecule has 3 aromatic carbocycles. The van der Waals surface area contributed by atoms with Gasteiger partial charge in [-0.1, -0.05) is 18.2 Å². The van der Waals surface area contributed by atoms with Gasteiger partial charge in [0.1, 0.15) is 29.0 Å². The predicted octanol–water partition coefficient (Wildman–Crippen LogP) is 6.24. The number of anilines is 5. The number of aliphatic hydroxyl groups is 1. The molecule has 1 unspecified atom stereocenters. The molecular formula is C50H58N10O7. The van der Waals surface area contributed by atoms with Crippen molar-refractivity contribution >= 4 is 75.1 Å². The molecule has 7 rings (SSSR count). The molecule has 17 nitrogen and oxygen atoms in total. The van der Waals surface area contributed by atoms with Crippen LogP contribution < -0.4 is 30.6 Å². The Morgan fingerprint density at radius 3 is 2.52 bits per heavy atom. The van der Waals surface area contributed by atoms with Gasteiger partial charge in [0, 0.05) is 94.2 Å². The maximum atomic E-state index is 12.7. The largest absolute Gasteiger partial charge is 0.484 e. The number of aromatic nitrogens is 3. The van der Waals surface area contributed by atoms with Gasteiger partial charge >= 0.3 is 0 Å². The molecule has 1 atom stereocenters. The van der Waals surface area contributed by atoms with E-state index in [9.17, 15) is 24.3 Å². The van der Waals surface area contributed by atoms with Crippen molar-refractivity contribution in [2.24, 2.45) is 0 Å². The molecule has 4 heterocycles. The van der Waals surface area contributed by atoms with Gasteiger partial charge in [-0.25, -0.2) is 20.0 Å². The van der Waals surface area contributed by atoms with Crippen LogP contribution in [0.15, 0.2) is 102 Å². The molecule has 4 N–H and O–H groups in total. The average Bonchev–Trinajstić information content (AvgIpc) is 3.77. The molecule has 1 saturated heterocycles. The zero-order valence-corrected chi connectivity index (χ0v) is 38.4. The summed E-state index contributed by atoms with van der Waals surface area (Å²) in [5.74, 6) is 0.817. The zero-order valence-electron chi connectivity index (χ0n) is 38.4. The van der Waals surface area contributed by atoms with Crippen LogP contribution in [-0.2, 0) is 20.0 Å². The number of fused-ring (bicyclic) bond motifs is 3. The van der Waals surface area contributed by atoms with Crippen LogP contribution in [0.3, 0.4) is 0 Å². The highest BCUT2D eigenvalue weighted by Gasteiger charge is 2.26. The number of amides is 2. The van der Waals surface area contributed by atoms with Crippen LogP contribution in [0.1, 0.15) is 60.6 Å². The number of pyridine rings is 1. The Balaban J connectivity index is 0.865. The lowest BCUT2D eigenvalue weighted by atomic mass is 9.92. The number of ether oxygens (including phenoxy) is 1. The van der Waals surface area contributed by atoms with Crippen LogP contribution in [0.5, 0.6) is 5.75 Å². The monoisotopic (exact) mass is 910 g/mol. The quantitative estimate of drug-likeness (QED) is 0.0258. The van der Waals surface area contributed by atoms with E-state index in [1.807, 2.05) is 48.5 Å². The minimum atomic E-state index is -1.18. The molecule has 1 aliphatic rings. The van der Waals surface area contributed by atoms with Crippen LogP contribution in [0, 0.1) is 0 Å². The van der Waals surface area contributed by atoms with Gasteiger partial charge in [-0.3, -0.25) is 19.3 Å². The Morgan fingerprint density at radius 1 is 1.01 bits per heavy atom. The number of carbonyl (C=O) groups is 4. The number of hydrogen-bond donors (Lipinski definition) is 4. The maximum absolute atomic E-state index is 12.7. The highest BCUT2D eigenvalue weighted by atomic mass is 16.5. The fourth-order valence-corrected chi connectivity index (χ4v) is 8.08. The summed E-state index contributed by atoms with van der Waals surface area (Å²) in [4.78, 5) is 67.4. The zero-order chi connectivity index (χ0) is 47.5. The molecule has 0 spiro atoms. The number of carbonyl (C=O) groups excluding carboxylic acids is 4. The van der Waals surface area contributed by atoms with E-state index < -0.39 is 11.5 Å². The standard InChI is InChI=1S/C50H58N10O7/c1-6-22-57(5)60(44-10-7-9-43(55-44)50(2,3)65)48-36(31-62)29-53-49(56-48)54-37-13-15-38(16-14-37)59-26-24-58(25-27-59)23-8-21-52-46(64)33-66-39-17-18-40-34(28-39)11-19-42-47(40)41(32-67-42)35(30-61)12-20-45(63)51-4/h6-7,9-11,13-19,28-32,35,65H,1,8,12,20-27,33H2,2-5H3,(H,51,63)(H,52,64)(H,53,54,56). The average molecular weight is 911 g/mol. The van der Waals surface area contributed by atoms with Gasteiger partial charge in [0.05, 0.1) is 17.5 Å². The Kier molecular flexibility index (Phi) is 15.6. The van der Waals surface area contributed by atoms with E-state index in [0.717, 1.165) is 78.5 Å². The smallest absolute Gasteiger partial charge is 0.257 e. The van der Waals surface area contributed by atoms with Crippen molar-refractivity contribution in [2.75, 3.05) is 81.7 Å². The molecule has 350 valence electrons. The first-order valence-electron chi connectivity index (χ1n) is 22.4. The summed E-state index contributed by atoms with van der Waals surface area (Å²) in [6, 6.07) is 22.7. The molecule has 67 heavy (non-hydrogen) atoms. The van der Waals surface area contributed by atoms with E-state index in [1.54, 1.807) is 62.5 Å². The van der Waals surface area contributed by atoms with Crippen LogP contribution in [-0.4, -0.2) is 121 Å². The number of piperazine rings is 1. The van der Waals surface area contributed by atoms with E-state index in [1.165, 1.54) is 6.20 Å². The van der Waals surface area contributed by atoms with Gasteiger partial charge in [0.25, 0.3) is 5.91 Å². The summed E-state index contributed by atoms with van der Waals surface area (Å²) in [5.41, 5.74) is 2.81. The molecule has 17 heteroatoms. The van der Waals surface area contributed by atoms with Gasteiger partial charge in [-0.2, -0.15) is 4.98 Å². The number of rotatable bonds is 22. The number of nitrogens with one attached hydrogen (secondary N) is 3. The van der Waals surface area contributed by atoms with E-state index >= 15 is 0 Å². The van der Waals surface area contributed by atoms with Crippen LogP contribution in [0.25, 0.3) is 21.7 Å². The Labute approximate surface area is 389 Å². The first-order chi connectivity index (χ1) is 32.4. The Hall–Kier alpha value is -7.21. The molecule has 0 radical (unpaired) electrons. The van der Waals surface area contributed by atoms with Crippen LogP contribution in [0.2, 0.25) is 0 Å². The minimum Gasteiger partial charge on any atom is -0.484 e. The van der Waals surface area contributed by atoms with E-state index in [4.69, 9.17) is 19.1 Å². The van der Waals surface area contributed by atoms with Gasteiger partial charge in [-0.15, -0.1) is 6.58 Å². The second kappa shape index (κ2) is 21.9. The lowest BCUT2D eigenvalue weighted by molar-refractivity contribution is -0.123. The molecular weight excluding hydrogens is 853 g/mol. The fourth-order valence-electron chi connectivity index (χ4n) is 8.08. The van der Waals surface area contributed by atoms with Crippen molar-refractivity contribution in [3.05, 3.63) is 115 Å². The van der Waals surface area contributed by atoms with Crippen molar-refractivity contribution in [3.63, 3.8) is 0 Å². The number of benzene rings is 3. The number of hydrazine groups is 1.